The number of rotatable bonds is 2. The lowest BCUT2D eigenvalue weighted by molar-refractivity contribution is 0.0911. The summed E-state index contributed by atoms with van der Waals surface area (Å²) in [5.41, 5.74) is 3.92. The normalized spacial score (nSPS) is 15.8. The molecule has 2 aromatic rings. The highest BCUT2D eigenvalue weighted by Gasteiger charge is 2.35. The summed E-state index contributed by atoms with van der Waals surface area (Å²) in [6.07, 6.45) is 2.02. The van der Waals surface area contributed by atoms with E-state index in [0.717, 1.165) is 23.2 Å². The Bertz CT molecular complexity index is 651. The van der Waals surface area contributed by atoms with Gasteiger partial charge in [0, 0.05) is 12.8 Å². The van der Waals surface area contributed by atoms with E-state index in [-0.39, 0.29) is 11.2 Å². The number of fused-ring (bicyclic) bond motifs is 1. The Morgan fingerprint density at radius 2 is 1.77 bits per heavy atom. The van der Waals surface area contributed by atoms with Gasteiger partial charge in [-0.2, -0.15) is 0 Å². The number of hydrogen-bond acceptors (Lipinski definition) is 3. The lowest BCUT2D eigenvalue weighted by Gasteiger charge is -2.26. The zero-order chi connectivity index (χ0) is 16.3. The number of carbonyl (C=O) groups is 1. The third kappa shape index (κ3) is 3.46. The molecule has 0 N–H and O–H groups in total. The van der Waals surface area contributed by atoms with Crippen LogP contribution in [-0.2, 0) is 12.8 Å². The summed E-state index contributed by atoms with van der Waals surface area (Å²) in [7, 11) is 0. The van der Waals surface area contributed by atoms with Crippen molar-refractivity contribution >= 4 is 5.78 Å². The predicted octanol–water partition coefficient (Wildman–Crippen LogP) is 4.76. The summed E-state index contributed by atoms with van der Waals surface area (Å²) in [6, 6.07) is 8.29. The Labute approximate surface area is 132 Å². The quantitative estimate of drug-likeness (QED) is 0.803. The standard InChI is InChI=1S/C17H19NO2.C2H6/c1-11-4-6-12(7-5-11)8-15-16-13(18-20-15)9-17(2,3)10-14(16)19;1-2/h4-7H,8-10H2,1-3H3;1-2H3. The zero-order valence-corrected chi connectivity index (χ0v) is 14.2. The van der Waals surface area contributed by atoms with Crippen molar-refractivity contribution in [3.63, 3.8) is 0 Å². The van der Waals surface area contributed by atoms with Crippen molar-refractivity contribution in [2.45, 2.75) is 53.9 Å². The molecule has 1 heterocycles. The first-order valence-electron chi connectivity index (χ1n) is 8.01. The number of hydrogen-bond donors (Lipinski definition) is 0. The molecule has 0 radical (unpaired) electrons. The summed E-state index contributed by atoms with van der Waals surface area (Å²) < 4.78 is 5.44. The van der Waals surface area contributed by atoms with Crippen molar-refractivity contribution in [1.82, 2.24) is 5.16 Å². The maximum absolute atomic E-state index is 12.3. The molecule has 0 aliphatic heterocycles. The van der Waals surface area contributed by atoms with Crippen LogP contribution in [0.3, 0.4) is 0 Å². The van der Waals surface area contributed by atoms with Gasteiger partial charge in [0.1, 0.15) is 0 Å². The van der Waals surface area contributed by atoms with Gasteiger partial charge < -0.3 is 4.52 Å². The minimum atomic E-state index is -0.0118. The van der Waals surface area contributed by atoms with Gasteiger partial charge in [0.05, 0.1) is 11.3 Å². The minimum absolute atomic E-state index is 0.0118. The van der Waals surface area contributed by atoms with Crippen molar-refractivity contribution in [1.29, 1.82) is 0 Å². The highest BCUT2D eigenvalue weighted by atomic mass is 16.5. The molecular weight excluding hydrogens is 274 g/mol. The number of aryl methyl sites for hydroxylation is 1. The molecule has 0 atom stereocenters. The van der Waals surface area contributed by atoms with Crippen LogP contribution < -0.4 is 0 Å². The van der Waals surface area contributed by atoms with Gasteiger partial charge in [-0.1, -0.05) is 62.7 Å². The zero-order valence-electron chi connectivity index (χ0n) is 14.2. The van der Waals surface area contributed by atoms with Crippen molar-refractivity contribution in [3.8, 4) is 0 Å². The molecule has 0 fully saturated rings. The second kappa shape index (κ2) is 6.47. The van der Waals surface area contributed by atoms with Crippen molar-refractivity contribution in [3.05, 3.63) is 52.4 Å². The molecule has 0 unspecified atom stereocenters. The third-order valence-electron chi connectivity index (χ3n) is 3.88. The monoisotopic (exact) mass is 299 g/mol. The lowest BCUT2D eigenvalue weighted by atomic mass is 9.75. The van der Waals surface area contributed by atoms with Gasteiger partial charge in [-0.3, -0.25) is 4.79 Å². The minimum Gasteiger partial charge on any atom is -0.360 e. The number of carbonyl (C=O) groups excluding carboxylic acids is 1. The molecule has 3 nitrogen and oxygen atoms in total. The Morgan fingerprint density at radius 3 is 2.41 bits per heavy atom. The van der Waals surface area contributed by atoms with Crippen LogP contribution in [0.1, 0.15) is 67.1 Å². The van der Waals surface area contributed by atoms with Crippen LogP contribution in [0.5, 0.6) is 0 Å². The topological polar surface area (TPSA) is 43.1 Å². The van der Waals surface area contributed by atoms with Gasteiger partial charge in [-0.25, -0.2) is 0 Å². The van der Waals surface area contributed by atoms with Crippen LogP contribution in [0, 0.1) is 12.3 Å². The van der Waals surface area contributed by atoms with Gasteiger partial charge in [0.2, 0.25) is 0 Å². The van der Waals surface area contributed by atoms with Crippen LogP contribution in [0.2, 0.25) is 0 Å². The van der Waals surface area contributed by atoms with Crippen LogP contribution in [0.15, 0.2) is 28.8 Å². The molecule has 1 aliphatic rings. The molecule has 22 heavy (non-hydrogen) atoms. The van der Waals surface area contributed by atoms with Gasteiger partial charge >= 0.3 is 0 Å². The fourth-order valence-electron chi connectivity index (χ4n) is 2.85. The summed E-state index contributed by atoms with van der Waals surface area (Å²) in [5.74, 6) is 0.879. The molecule has 0 bridgehead atoms. The molecular formula is C19H25NO2. The fourth-order valence-corrected chi connectivity index (χ4v) is 2.85. The number of ketones is 1. The Hall–Kier alpha value is -1.90. The van der Waals surface area contributed by atoms with Gasteiger partial charge in [-0.15, -0.1) is 0 Å². The summed E-state index contributed by atoms with van der Waals surface area (Å²) in [6.45, 7) is 10.3. The number of benzene rings is 1. The van der Waals surface area contributed by atoms with Crippen LogP contribution in [0.25, 0.3) is 0 Å². The Morgan fingerprint density at radius 1 is 1.14 bits per heavy atom. The summed E-state index contributed by atoms with van der Waals surface area (Å²) in [4.78, 5) is 12.3. The smallest absolute Gasteiger partial charge is 0.168 e. The number of aromatic nitrogens is 1. The molecule has 3 heteroatoms. The number of nitrogens with zero attached hydrogens (tertiary/aromatic N) is 1. The van der Waals surface area contributed by atoms with E-state index in [4.69, 9.17) is 4.52 Å². The summed E-state index contributed by atoms with van der Waals surface area (Å²) >= 11 is 0. The first-order valence-corrected chi connectivity index (χ1v) is 8.01. The SMILES string of the molecule is CC.Cc1ccc(Cc2onc3c2C(=O)CC(C)(C)C3)cc1. The van der Waals surface area contributed by atoms with Crippen LogP contribution in [-0.4, -0.2) is 10.9 Å². The Kier molecular flexibility index (Phi) is 4.84. The van der Waals surface area contributed by atoms with E-state index in [1.807, 2.05) is 13.8 Å². The molecule has 0 saturated heterocycles. The second-order valence-electron chi connectivity index (χ2n) is 6.53. The second-order valence-corrected chi connectivity index (χ2v) is 6.53. The fraction of sp³-hybridized carbons (Fsp3) is 0.474. The van der Waals surface area contributed by atoms with Crippen molar-refractivity contribution in [2.24, 2.45) is 5.41 Å². The first-order chi connectivity index (χ1) is 10.4. The first kappa shape index (κ1) is 16.5. The van der Waals surface area contributed by atoms with Gasteiger partial charge in [-0.05, 0) is 24.3 Å². The van der Waals surface area contributed by atoms with Gasteiger partial charge in [0.15, 0.2) is 11.5 Å². The average molecular weight is 299 g/mol. The van der Waals surface area contributed by atoms with E-state index in [1.165, 1.54) is 5.56 Å². The average Bonchev–Trinajstić information content (AvgIpc) is 2.85. The summed E-state index contributed by atoms with van der Waals surface area (Å²) in [5, 5.41) is 4.12. The largest absolute Gasteiger partial charge is 0.360 e. The maximum Gasteiger partial charge on any atom is 0.168 e. The highest BCUT2D eigenvalue weighted by Crippen LogP contribution is 2.36. The molecule has 0 spiro atoms. The van der Waals surface area contributed by atoms with E-state index < -0.39 is 0 Å². The van der Waals surface area contributed by atoms with E-state index in [1.54, 1.807) is 0 Å². The van der Waals surface area contributed by atoms with E-state index in [0.29, 0.717) is 18.6 Å². The van der Waals surface area contributed by atoms with Crippen molar-refractivity contribution < 1.29 is 9.32 Å². The van der Waals surface area contributed by atoms with E-state index >= 15 is 0 Å². The molecule has 1 aliphatic carbocycles. The van der Waals surface area contributed by atoms with Crippen molar-refractivity contribution in [2.75, 3.05) is 0 Å². The van der Waals surface area contributed by atoms with Gasteiger partial charge in [0.25, 0.3) is 0 Å². The molecule has 3 rings (SSSR count). The molecule has 0 saturated carbocycles. The Balaban J connectivity index is 0.000000847. The van der Waals surface area contributed by atoms with Crippen LogP contribution >= 0.6 is 0 Å². The van der Waals surface area contributed by atoms with Crippen LogP contribution in [0.4, 0.5) is 0 Å². The predicted molar refractivity (Wildman–Crippen MR) is 88.3 cm³/mol. The molecule has 0 amide bonds. The van der Waals surface area contributed by atoms with E-state index in [9.17, 15) is 4.79 Å². The van der Waals surface area contributed by atoms with E-state index in [2.05, 4.69) is 50.2 Å². The third-order valence-corrected chi connectivity index (χ3v) is 3.88. The molecule has 118 valence electrons. The lowest BCUT2D eigenvalue weighted by Crippen LogP contribution is -2.27. The molecule has 1 aromatic heterocycles. The molecule has 1 aromatic carbocycles. The maximum atomic E-state index is 12.3. The number of Topliss-reactive ketones (excluding diaryl/α,β-unsaturated/α-hetero) is 1. The highest BCUT2D eigenvalue weighted by molar-refractivity contribution is 5.99.